The standard InChI is InChI=1S/C17H18N6S/c1-4-8-22(9-5-1)11-15-19-20-17-23(15)21-16(24-17)13-10-18-14-7-3-2-6-12(13)14/h2-3,6-7,10,18H,1,4-5,8-9,11H2. The number of nitrogens with one attached hydrogen (secondary N) is 1. The van der Waals surface area contributed by atoms with Crippen LogP contribution >= 0.6 is 11.3 Å². The molecular weight excluding hydrogens is 320 g/mol. The monoisotopic (exact) mass is 338 g/mol. The van der Waals surface area contributed by atoms with Gasteiger partial charge in [0.15, 0.2) is 5.82 Å². The molecule has 0 radical (unpaired) electrons. The molecule has 0 unspecified atom stereocenters. The Bertz CT molecular complexity index is 991. The van der Waals surface area contributed by atoms with Crippen LogP contribution in [0.3, 0.4) is 0 Å². The molecule has 7 heteroatoms. The van der Waals surface area contributed by atoms with Crippen molar-refractivity contribution in [3.05, 3.63) is 36.3 Å². The first-order valence-corrected chi connectivity index (χ1v) is 9.20. The summed E-state index contributed by atoms with van der Waals surface area (Å²) in [7, 11) is 0. The molecule has 1 aliphatic heterocycles. The molecule has 1 aromatic carbocycles. The van der Waals surface area contributed by atoms with Crippen molar-refractivity contribution in [1.82, 2.24) is 29.7 Å². The third-order valence-electron chi connectivity index (χ3n) is 4.69. The predicted octanol–water partition coefficient (Wildman–Crippen LogP) is 3.32. The van der Waals surface area contributed by atoms with Crippen molar-refractivity contribution in [3.8, 4) is 10.6 Å². The molecular formula is C17H18N6S. The Kier molecular flexibility index (Phi) is 3.34. The average Bonchev–Trinajstić information content (AvgIpc) is 3.30. The third-order valence-corrected chi connectivity index (χ3v) is 5.62. The largest absolute Gasteiger partial charge is 0.360 e. The normalized spacial score (nSPS) is 16.3. The molecule has 1 aliphatic rings. The van der Waals surface area contributed by atoms with E-state index in [9.17, 15) is 0 Å². The maximum absolute atomic E-state index is 4.79. The highest BCUT2D eigenvalue weighted by Crippen LogP contribution is 2.31. The zero-order valence-electron chi connectivity index (χ0n) is 13.3. The number of rotatable bonds is 3. The zero-order chi connectivity index (χ0) is 15.9. The molecule has 122 valence electrons. The second-order valence-electron chi connectivity index (χ2n) is 6.30. The highest BCUT2D eigenvalue weighted by Gasteiger charge is 2.18. The van der Waals surface area contributed by atoms with E-state index in [1.165, 1.54) is 24.6 Å². The fourth-order valence-corrected chi connectivity index (χ4v) is 4.32. The Morgan fingerprint density at radius 3 is 2.88 bits per heavy atom. The van der Waals surface area contributed by atoms with Gasteiger partial charge >= 0.3 is 0 Å². The molecule has 1 N–H and O–H groups in total. The van der Waals surface area contributed by atoms with Gasteiger partial charge in [0.25, 0.3) is 0 Å². The molecule has 5 rings (SSSR count). The number of benzene rings is 1. The molecule has 4 aromatic rings. The van der Waals surface area contributed by atoms with Crippen LogP contribution in [0.5, 0.6) is 0 Å². The van der Waals surface area contributed by atoms with Gasteiger partial charge in [0.1, 0.15) is 5.01 Å². The van der Waals surface area contributed by atoms with E-state index in [4.69, 9.17) is 5.10 Å². The number of aromatic nitrogens is 5. The van der Waals surface area contributed by atoms with E-state index in [-0.39, 0.29) is 0 Å². The lowest BCUT2D eigenvalue weighted by Crippen LogP contribution is -2.30. The van der Waals surface area contributed by atoms with Crippen molar-refractivity contribution in [3.63, 3.8) is 0 Å². The summed E-state index contributed by atoms with van der Waals surface area (Å²) in [4.78, 5) is 6.63. The van der Waals surface area contributed by atoms with E-state index >= 15 is 0 Å². The topological polar surface area (TPSA) is 62.1 Å². The second-order valence-corrected chi connectivity index (χ2v) is 7.26. The van der Waals surface area contributed by atoms with E-state index in [2.05, 4.69) is 38.3 Å². The van der Waals surface area contributed by atoms with Crippen molar-refractivity contribution < 1.29 is 0 Å². The molecule has 1 saturated heterocycles. The van der Waals surface area contributed by atoms with E-state index in [1.54, 1.807) is 11.3 Å². The number of hydrogen-bond acceptors (Lipinski definition) is 5. The van der Waals surface area contributed by atoms with Crippen LogP contribution in [0.25, 0.3) is 26.4 Å². The van der Waals surface area contributed by atoms with Crippen molar-refractivity contribution in [2.75, 3.05) is 13.1 Å². The number of para-hydroxylation sites is 1. The average molecular weight is 338 g/mol. The number of H-pyrrole nitrogens is 1. The second kappa shape index (κ2) is 5.68. The SMILES string of the molecule is c1ccc2c(-c3nn4c(CN5CCCCC5)nnc4s3)c[nH]c2c1. The number of piperidine rings is 1. The van der Waals surface area contributed by atoms with Crippen molar-refractivity contribution in [1.29, 1.82) is 0 Å². The summed E-state index contributed by atoms with van der Waals surface area (Å²) in [5.74, 6) is 0.939. The Morgan fingerprint density at radius 1 is 1.08 bits per heavy atom. The van der Waals surface area contributed by atoms with Gasteiger partial charge in [0.05, 0.1) is 6.54 Å². The molecule has 0 atom stereocenters. The Morgan fingerprint density at radius 2 is 1.96 bits per heavy atom. The summed E-state index contributed by atoms with van der Waals surface area (Å²) in [6.45, 7) is 3.13. The highest BCUT2D eigenvalue weighted by molar-refractivity contribution is 7.19. The van der Waals surface area contributed by atoms with Gasteiger partial charge in [-0.1, -0.05) is 36.0 Å². The molecule has 0 spiro atoms. The fraction of sp³-hybridized carbons (Fsp3) is 0.353. The fourth-order valence-electron chi connectivity index (χ4n) is 3.43. The minimum atomic E-state index is 0.832. The van der Waals surface area contributed by atoms with Crippen LogP contribution in [-0.2, 0) is 6.54 Å². The van der Waals surface area contributed by atoms with E-state index in [0.29, 0.717) is 0 Å². The van der Waals surface area contributed by atoms with Crippen LogP contribution in [-0.4, -0.2) is 42.8 Å². The molecule has 0 bridgehead atoms. The first-order chi connectivity index (χ1) is 11.9. The van der Waals surface area contributed by atoms with Gasteiger partial charge in [0, 0.05) is 22.7 Å². The van der Waals surface area contributed by atoms with Gasteiger partial charge in [-0.05, 0) is 32.0 Å². The summed E-state index contributed by atoms with van der Waals surface area (Å²) in [5.41, 5.74) is 2.26. The van der Waals surface area contributed by atoms with Crippen LogP contribution in [0.2, 0.25) is 0 Å². The lowest BCUT2D eigenvalue weighted by Gasteiger charge is -2.25. The molecule has 1 fully saturated rings. The summed E-state index contributed by atoms with van der Waals surface area (Å²) >= 11 is 1.59. The minimum Gasteiger partial charge on any atom is -0.360 e. The van der Waals surface area contributed by atoms with E-state index < -0.39 is 0 Å². The van der Waals surface area contributed by atoms with Crippen LogP contribution < -0.4 is 0 Å². The van der Waals surface area contributed by atoms with Crippen molar-refractivity contribution in [2.24, 2.45) is 0 Å². The Hall–Kier alpha value is -2.25. The van der Waals surface area contributed by atoms with Gasteiger partial charge in [-0.15, -0.1) is 10.2 Å². The Labute approximate surface area is 143 Å². The van der Waals surface area contributed by atoms with Gasteiger partial charge in [-0.25, -0.2) is 0 Å². The number of nitrogens with zero attached hydrogens (tertiary/aromatic N) is 5. The van der Waals surface area contributed by atoms with Gasteiger partial charge in [-0.3, -0.25) is 4.90 Å². The smallest absolute Gasteiger partial charge is 0.235 e. The summed E-state index contributed by atoms with van der Waals surface area (Å²) in [5, 5.41) is 15.6. The molecule has 4 heterocycles. The molecule has 0 amide bonds. The number of likely N-dealkylation sites (tertiary alicyclic amines) is 1. The summed E-state index contributed by atoms with van der Waals surface area (Å²) in [6.07, 6.45) is 5.92. The lowest BCUT2D eigenvalue weighted by molar-refractivity contribution is 0.214. The zero-order valence-corrected chi connectivity index (χ0v) is 14.1. The lowest BCUT2D eigenvalue weighted by atomic mass is 10.1. The molecule has 0 saturated carbocycles. The van der Waals surface area contributed by atoms with Crippen LogP contribution in [0.15, 0.2) is 30.5 Å². The highest BCUT2D eigenvalue weighted by atomic mass is 32.1. The summed E-state index contributed by atoms with van der Waals surface area (Å²) in [6, 6.07) is 8.30. The molecule has 0 aliphatic carbocycles. The maximum Gasteiger partial charge on any atom is 0.235 e. The number of aromatic amines is 1. The van der Waals surface area contributed by atoms with Crippen molar-refractivity contribution in [2.45, 2.75) is 25.8 Å². The summed E-state index contributed by atoms with van der Waals surface area (Å²) < 4.78 is 1.91. The molecule has 24 heavy (non-hydrogen) atoms. The van der Waals surface area contributed by atoms with Gasteiger partial charge in [0.2, 0.25) is 4.96 Å². The Balaban J connectivity index is 1.52. The first-order valence-electron chi connectivity index (χ1n) is 8.38. The van der Waals surface area contributed by atoms with Gasteiger partial charge < -0.3 is 4.98 Å². The quantitative estimate of drug-likeness (QED) is 0.622. The van der Waals surface area contributed by atoms with Crippen LogP contribution in [0.4, 0.5) is 0 Å². The van der Waals surface area contributed by atoms with Gasteiger partial charge in [-0.2, -0.15) is 9.61 Å². The maximum atomic E-state index is 4.79. The van der Waals surface area contributed by atoms with Crippen LogP contribution in [0, 0.1) is 0 Å². The first kappa shape index (κ1) is 14.1. The van der Waals surface area contributed by atoms with Crippen molar-refractivity contribution >= 4 is 27.2 Å². The third kappa shape index (κ3) is 2.32. The molecule has 3 aromatic heterocycles. The minimum absolute atomic E-state index is 0.832. The van der Waals surface area contributed by atoms with E-state index in [1.807, 2.05) is 16.8 Å². The van der Waals surface area contributed by atoms with Crippen LogP contribution in [0.1, 0.15) is 25.1 Å². The van der Waals surface area contributed by atoms with E-state index in [0.717, 1.165) is 46.5 Å². The number of hydrogen-bond donors (Lipinski definition) is 1. The predicted molar refractivity (Wildman–Crippen MR) is 95.1 cm³/mol. The molecule has 6 nitrogen and oxygen atoms in total. The number of fused-ring (bicyclic) bond motifs is 2.